The van der Waals surface area contributed by atoms with Gasteiger partial charge in [0.1, 0.15) is 10.7 Å². The smallest absolute Gasteiger partial charge is 0.259 e. The first-order chi connectivity index (χ1) is 13.8. The molecule has 2 amide bonds. The van der Waals surface area contributed by atoms with Crippen molar-refractivity contribution in [1.29, 1.82) is 0 Å². The molecule has 0 atom stereocenters. The molecule has 0 aromatic carbocycles. The Hall–Kier alpha value is -2.22. The summed E-state index contributed by atoms with van der Waals surface area (Å²) in [5, 5.41) is 0.590. The van der Waals surface area contributed by atoms with Crippen molar-refractivity contribution < 1.29 is 9.59 Å². The molecule has 7 nitrogen and oxygen atoms in total. The zero-order chi connectivity index (χ0) is 20.3. The van der Waals surface area contributed by atoms with Crippen LogP contribution in [0.25, 0.3) is 10.2 Å². The van der Waals surface area contributed by atoms with E-state index < -0.39 is 0 Å². The number of hydrazine groups is 1. The molecule has 0 unspecified atom stereocenters. The number of aryl methyl sites for hydroxylation is 2. The summed E-state index contributed by atoms with van der Waals surface area (Å²) in [6.07, 6.45) is 6.56. The molecule has 6 rings (SSSR count). The lowest BCUT2D eigenvalue weighted by atomic mass is 9.49. The molecule has 154 valence electrons. The third kappa shape index (κ3) is 3.17. The van der Waals surface area contributed by atoms with Gasteiger partial charge in [-0.1, -0.05) is 0 Å². The Labute approximate surface area is 172 Å². The monoisotopic (exact) mass is 414 g/mol. The van der Waals surface area contributed by atoms with Crippen LogP contribution in [0.1, 0.15) is 54.8 Å². The molecule has 4 fully saturated rings. The van der Waals surface area contributed by atoms with Gasteiger partial charge in [0, 0.05) is 4.88 Å². The Bertz CT molecular complexity index is 1030. The first-order valence-corrected chi connectivity index (χ1v) is 11.2. The number of carbonyl (C=O) groups excluding carboxylic acids is 2. The van der Waals surface area contributed by atoms with Crippen LogP contribution >= 0.6 is 11.3 Å². The molecule has 4 bridgehead atoms. The number of aromatic amines is 1. The van der Waals surface area contributed by atoms with Crippen molar-refractivity contribution in [2.75, 3.05) is 0 Å². The second kappa shape index (κ2) is 6.65. The number of nitrogens with one attached hydrogen (secondary N) is 3. The summed E-state index contributed by atoms with van der Waals surface area (Å²) < 4.78 is 0. The number of carbonyl (C=O) groups is 2. The van der Waals surface area contributed by atoms with Crippen molar-refractivity contribution in [3.63, 3.8) is 0 Å². The minimum absolute atomic E-state index is 0.0497. The summed E-state index contributed by atoms with van der Waals surface area (Å²) in [4.78, 5) is 46.5. The maximum absolute atomic E-state index is 12.9. The van der Waals surface area contributed by atoms with Gasteiger partial charge in [0.2, 0.25) is 11.8 Å². The van der Waals surface area contributed by atoms with E-state index in [0.717, 1.165) is 29.7 Å². The average molecular weight is 415 g/mol. The Morgan fingerprint density at radius 2 is 1.72 bits per heavy atom. The van der Waals surface area contributed by atoms with Gasteiger partial charge in [0.15, 0.2) is 0 Å². The number of nitrogens with zero attached hydrogens (tertiary/aromatic N) is 1. The SMILES string of the molecule is Cc1sc2nc(CC(=O)NNC(=O)C34CC5CC(CC(C5)C3)C4)[nH]c(=O)c2c1C. The van der Waals surface area contributed by atoms with Gasteiger partial charge in [-0.15, -0.1) is 11.3 Å². The van der Waals surface area contributed by atoms with Crippen molar-refractivity contribution >= 4 is 33.4 Å². The Balaban J connectivity index is 1.24. The molecule has 2 aromatic heterocycles. The second-order valence-corrected chi connectivity index (χ2v) is 10.6. The maximum atomic E-state index is 12.9. The van der Waals surface area contributed by atoms with E-state index in [9.17, 15) is 14.4 Å². The number of hydrogen-bond acceptors (Lipinski definition) is 5. The molecular weight excluding hydrogens is 388 g/mol. The summed E-state index contributed by atoms with van der Waals surface area (Å²) in [6.45, 7) is 3.85. The van der Waals surface area contributed by atoms with Crippen LogP contribution < -0.4 is 16.4 Å². The lowest BCUT2D eigenvalue weighted by Crippen LogP contribution is -2.56. The molecule has 2 aromatic rings. The van der Waals surface area contributed by atoms with E-state index >= 15 is 0 Å². The molecule has 4 saturated carbocycles. The topological polar surface area (TPSA) is 104 Å². The number of hydrogen-bond donors (Lipinski definition) is 3. The summed E-state index contributed by atoms with van der Waals surface area (Å²) in [5.74, 6) is 1.89. The van der Waals surface area contributed by atoms with Crippen LogP contribution in [-0.2, 0) is 16.0 Å². The first kappa shape index (κ1) is 18.8. The van der Waals surface area contributed by atoms with Crippen LogP contribution in [0, 0.1) is 37.0 Å². The second-order valence-electron chi connectivity index (χ2n) is 9.35. The van der Waals surface area contributed by atoms with E-state index in [0.29, 0.717) is 33.8 Å². The zero-order valence-electron chi connectivity index (χ0n) is 16.8. The predicted octanol–water partition coefficient (Wildman–Crippen LogP) is 2.51. The molecule has 3 N–H and O–H groups in total. The van der Waals surface area contributed by atoms with E-state index in [2.05, 4.69) is 20.8 Å². The largest absolute Gasteiger partial charge is 0.309 e. The van der Waals surface area contributed by atoms with E-state index in [1.807, 2.05) is 13.8 Å². The van der Waals surface area contributed by atoms with Crippen LogP contribution in [0.5, 0.6) is 0 Å². The van der Waals surface area contributed by atoms with Crippen molar-refractivity contribution in [2.45, 2.75) is 58.8 Å². The number of amides is 2. The van der Waals surface area contributed by atoms with Crippen LogP contribution in [0.2, 0.25) is 0 Å². The van der Waals surface area contributed by atoms with Gasteiger partial charge in [-0.25, -0.2) is 4.98 Å². The summed E-state index contributed by atoms with van der Waals surface area (Å²) >= 11 is 1.45. The fourth-order valence-corrected chi connectivity index (χ4v) is 7.28. The molecule has 29 heavy (non-hydrogen) atoms. The highest BCUT2D eigenvalue weighted by molar-refractivity contribution is 7.18. The van der Waals surface area contributed by atoms with Gasteiger partial charge in [0.05, 0.1) is 17.2 Å². The molecule has 0 aliphatic heterocycles. The van der Waals surface area contributed by atoms with Gasteiger partial charge in [0.25, 0.3) is 5.56 Å². The molecular formula is C21H26N4O3S. The van der Waals surface area contributed by atoms with E-state index in [1.165, 1.54) is 30.6 Å². The standard InChI is InChI=1S/C21H26N4O3S/c1-10-11(2)29-19-17(10)18(27)22-15(23-19)6-16(26)24-25-20(28)21-7-12-3-13(8-21)5-14(4-12)9-21/h12-14H,3-9H2,1-2H3,(H,24,26)(H,25,28)(H,22,23,27). The first-order valence-electron chi connectivity index (χ1n) is 10.4. The number of thiophene rings is 1. The van der Waals surface area contributed by atoms with Crippen LogP contribution in [-0.4, -0.2) is 21.8 Å². The minimum atomic E-state index is -0.379. The van der Waals surface area contributed by atoms with Gasteiger partial charge in [-0.3, -0.25) is 25.2 Å². The fourth-order valence-electron chi connectivity index (χ4n) is 6.23. The lowest BCUT2D eigenvalue weighted by Gasteiger charge is -2.55. The third-order valence-electron chi connectivity index (χ3n) is 7.25. The molecule has 0 spiro atoms. The molecule has 2 heterocycles. The quantitative estimate of drug-likeness (QED) is 0.671. The van der Waals surface area contributed by atoms with Crippen LogP contribution in [0.15, 0.2) is 4.79 Å². The average Bonchev–Trinajstić information content (AvgIpc) is 2.92. The lowest BCUT2D eigenvalue weighted by molar-refractivity contribution is -0.148. The van der Waals surface area contributed by atoms with Gasteiger partial charge in [-0.2, -0.15) is 0 Å². The molecule has 0 saturated heterocycles. The highest BCUT2D eigenvalue weighted by Gasteiger charge is 2.54. The maximum Gasteiger partial charge on any atom is 0.259 e. The molecule has 8 heteroatoms. The zero-order valence-corrected chi connectivity index (χ0v) is 17.6. The fraction of sp³-hybridized carbons (Fsp3) is 0.619. The summed E-state index contributed by atoms with van der Waals surface area (Å²) in [5.41, 5.74) is 5.61. The van der Waals surface area contributed by atoms with E-state index in [4.69, 9.17) is 0 Å². The highest BCUT2D eigenvalue weighted by Crippen LogP contribution is 2.60. The van der Waals surface area contributed by atoms with Gasteiger partial charge >= 0.3 is 0 Å². The molecule has 4 aliphatic carbocycles. The minimum Gasteiger partial charge on any atom is -0.309 e. The van der Waals surface area contributed by atoms with Crippen molar-refractivity contribution in [3.05, 3.63) is 26.6 Å². The van der Waals surface area contributed by atoms with Crippen molar-refractivity contribution in [3.8, 4) is 0 Å². The predicted molar refractivity (Wildman–Crippen MR) is 110 cm³/mol. The molecule has 0 radical (unpaired) electrons. The van der Waals surface area contributed by atoms with Crippen molar-refractivity contribution in [2.24, 2.45) is 23.2 Å². The van der Waals surface area contributed by atoms with Gasteiger partial charge < -0.3 is 4.98 Å². The van der Waals surface area contributed by atoms with Gasteiger partial charge in [-0.05, 0) is 75.7 Å². The molecule has 4 aliphatic rings. The van der Waals surface area contributed by atoms with E-state index in [-0.39, 0.29) is 29.2 Å². The Morgan fingerprint density at radius 3 is 2.34 bits per heavy atom. The number of rotatable bonds is 3. The summed E-state index contributed by atoms with van der Waals surface area (Å²) in [7, 11) is 0. The Kier molecular flexibility index (Phi) is 4.31. The number of aromatic nitrogens is 2. The summed E-state index contributed by atoms with van der Waals surface area (Å²) in [6, 6.07) is 0. The number of H-pyrrole nitrogens is 1. The number of fused-ring (bicyclic) bond motifs is 1. The van der Waals surface area contributed by atoms with Crippen LogP contribution in [0.4, 0.5) is 0 Å². The normalized spacial score (nSPS) is 29.9. The van der Waals surface area contributed by atoms with E-state index in [1.54, 1.807) is 0 Å². The van der Waals surface area contributed by atoms with Crippen molar-refractivity contribution in [1.82, 2.24) is 20.8 Å². The Morgan fingerprint density at radius 1 is 1.10 bits per heavy atom. The highest BCUT2D eigenvalue weighted by atomic mass is 32.1. The van der Waals surface area contributed by atoms with Crippen LogP contribution in [0.3, 0.4) is 0 Å². The third-order valence-corrected chi connectivity index (χ3v) is 8.35.